The molecular formula is C16H29NO. The predicted octanol–water partition coefficient (Wildman–Crippen LogP) is 3.50. The summed E-state index contributed by atoms with van der Waals surface area (Å²) in [6, 6.07) is 0.621. The molecule has 1 saturated heterocycles. The minimum absolute atomic E-state index is 0.171. The van der Waals surface area contributed by atoms with Crippen molar-refractivity contribution in [2.24, 2.45) is 11.3 Å². The first-order valence-electron chi connectivity index (χ1n) is 7.97. The Kier molecular flexibility index (Phi) is 3.44. The lowest BCUT2D eigenvalue weighted by Gasteiger charge is -2.44. The zero-order valence-corrected chi connectivity index (χ0v) is 12.1. The SMILES string of the molecule is CC1(C)CCC2(C1)OCCNC2CC1CCCC1. The highest BCUT2D eigenvalue weighted by Gasteiger charge is 2.50. The zero-order chi connectivity index (χ0) is 12.6. The van der Waals surface area contributed by atoms with E-state index in [9.17, 15) is 0 Å². The topological polar surface area (TPSA) is 21.3 Å². The summed E-state index contributed by atoms with van der Waals surface area (Å²) in [7, 11) is 0. The van der Waals surface area contributed by atoms with Gasteiger partial charge in [-0.25, -0.2) is 0 Å². The highest BCUT2D eigenvalue weighted by Crippen LogP contribution is 2.49. The average Bonchev–Trinajstić information content (AvgIpc) is 2.91. The van der Waals surface area contributed by atoms with Crippen LogP contribution >= 0.6 is 0 Å². The Morgan fingerprint density at radius 1 is 1.17 bits per heavy atom. The van der Waals surface area contributed by atoms with E-state index in [-0.39, 0.29) is 5.60 Å². The van der Waals surface area contributed by atoms with Crippen LogP contribution < -0.4 is 5.32 Å². The predicted molar refractivity (Wildman–Crippen MR) is 74.7 cm³/mol. The molecule has 0 bridgehead atoms. The van der Waals surface area contributed by atoms with Crippen LogP contribution in [0.5, 0.6) is 0 Å². The fraction of sp³-hybridized carbons (Fsp3) is 1.00. The lowest BCUT2D eigenvalue weighted by atomic mass is 9.81. The van der Waals surface area contributed by atoms with Crippen molar-refractivity contribution in [1.29, 1.82) is 0 Å². The van der Waals surface area contributed by atoms with Crippen LogP contribution in [0.3, 0.4) is 0 Å². The van der Waals surface area contributed by atoms with E-state index in [0.29, 0.717) is 11.5 Å². The van der Waals surface area contributed by atoms with Gasteiger partial charge in [0.05, 0.1) is 12.2 Å². The van der Waals surface area contributed by atoms with Crippen molar-refractivity contribution >= 4 is 0 Å². The summed E-state index contributed by atoms with van der Waals surface area (Å²) in [4.78, 5) is 0. The number of ether oxygens (including phenoxy) is 1. The van der Waals surface area contributed by atoms with Crippen LogP contribution in [0.1, 0.15) is 65.2 Å². The molecule has 0 aromatic rings. The summed E-state index contributed by atoms with van der Waals surface area (Å²) in [6.45, 7) is 6.79. The summed E-state index contributed by atoms with van der Waals surface area (Å²) in [5.41, 5.74) is 0.650. The maximum Gasteiger partial charge on any atom is 0.0840 e. The van der Waals surface area contributed by atoms with E-state index in [2.05, 4.69) is 19.2 Å². The van der Waals surface area contributed by atoms with Crippen LogP contribution in [0.4, 0.5) is 0 Å². The highest BCUT2D eigenvalue weighted by atomic mass is 16.5. The lowest BCUT2D eigenvalue weighted by Crippen LogP contribution is -2.57. The van der Waals surface area contributed by atoms with Crippen molar-refractivity contribution in [2.45, 2.75) is 76.9 Å². The van der Waals surface area contributed by atoms with E-state index in [0.717, 1.165) is 19.1 Å². The first-order valence-corrected chi connectivity index (χ1v) is 7.97. The molecule has 0 aromatic heterocycles. The molecule has 1 N–H and O–H groups in total. The zero-order valence-electron chi connectivity index (χ0n) is 12.1. The molecule has 1 spiro atoms. The molecule has 2 unspecified atom stereocenters. The summed E-state index contributed by atoms with van der Waals surface area (Å²) >= 11 is 0. The molecular weight excluding hydrogens is 222 g/mol. The average molecular weight is 251 g/mol. The molecule has 18 heavy (non-hydrogen) atoms. The summed E-state index contributed by atoms with van der Waals surface area (Å²) < 4.78 is 6.32. The molecule has 0 radical (unpaired) electrons. The van der Waals surface area contributed by atoms with Gasteiger partial charge in [0.2, 0.25) is 0 Å². The van der Waals surface area contributed by atoms with Gasteiger partial charge in [0, 0.05) is 12.6 Å². The molecule has 1 aliphatic heterocycles. The van der Waals surface area contributed by atoms with Crippen LogP contribution in [0, 0.1) is 11.3 Å². The van der Waals surface area contributed by atoms with E-state index < -0.39 is 0 Å². The van der Waals surface area contributed by atoms with Gasteiger partial charge in [0.15, 0.2) is 0 Å². The summed E-state index contributed by atoms with van der Waals surface area (Å²) in [6.07, 6.45) is 11.0. The van der Waals surface area contributed by atoms with E-state index in [4.69, 9.17) is 4.74 Å². The molecule has 3 rings (SSSR count). The fourth-order valence-electron chi connectivity index (χ4n) is 4.61. The van der Waals surface area contributed by atoms with Crippen LogP contribution in [0.25, 0.3) is 0 Å². The summed E-state index contributed by atoms with van der Waals surface area (Å²) in [5, 5.41) is 3.79. The standard InChI is InChI=1S/C16H29NO/c1-15(2)7-8-16(12-15)14(17-9-10-18-16)11-13-5-3-4-6-13/h13-14,17H,3-12H2,1-2H3. The summed E-state index contributed by atoms with van der Waals surface area (Å²) in [5.74, 6) is 0.963. The Morgan fingerprint density at radius 3 is 2.61 bits per heavy atom. The van der Waals surface area contributed by atoms with Crippen LogP contribution in [-0.4, -0.2) is 24.8 Å². The maximum atomic E-state index is 6.32. The van der Waals surface area contributed by atoms with Crippen LogP contribution in [-0.2, 0) is 4.74 Å². The van der Waals surface area contributed by atoms with Gasteiger partial charge >= 0.3 is 0 Å². The van der Waals surface area contributed by atoms with Gasteiger partial charge in [-0.05, 0) is 37.0 Å². The Hall–Kier alpha value is -0.0800. The third-order valence-electron chi connectivity index (χ3n) is 5.56. The normalized spacial score (nSPS) is 40.7. The second-order valence-electron chi connectivity index (χ2n) is 7.65. The molecule has 104 valence electrons. The third-order valence-corrected chi connectivity index (χ3v) is 5.56. The maximum absolute atomic E-state index is 6.32. The van der Waals surface area contributed by atoms with E-state index in [1.807, 2.05) is 0 Å². The van der Waals surface area contributed by atoms with Gasteiger partial charge < -0.3 is 10.1 Å². The molecule has 2 saturated carbocycles. The van der Waals surface area contributed by atoms with Crippen molar-refractivity contribution in [3.8, 4) is 0 Å². The number of morpholine rings is 1. The Bertz CT molecular complexity index is 295. The lowest BCUT2D eigenvalue weighted by molar-refractivity contribution is -0.102. The van der Waals surface area contributed by atoms with Crippen molar-refractivity contribution in [3.63, 3.8) is 0 Å². The third kappa shape index (κ3) is 2.46. The van der Waals surface area contributed by atoms with E-state index in [1.165, 1.54) is 51.4 Å². The van der Waals surface area contributed by atoms with Gasteiger partial charge in [-0.3, -0.25) is 0 Å². The molecule has 0 aromatic carbocycles. The van der Waals surface area contributed by atoms with Crippen molar-refractivity contribution in [2.75, 3.05) is 13.2 Å². The van der Waals surface area contributed by atoms with E-state index >= 15 is 0 Å². The van der Waals surface area contributed by atoms with Crippen molar-refractivity contribution in [3.05, 3.63) is 0 Å². The van der Waals surface area contributed by atoms with Crippen LogP contribution in [0.2, 0.25) is 0 Å². The largest absolute Gasteiger partial charge is 0.372 e. The number of hydrogen-bond donors (Lipinski definition) is 1. The Balaban J connectivity index is 1.69. The first kappa shape index (κ1) is 12.9. The smallest absolute Gasteiger partial charge is 0.0840 e. The Labute approximate surface area is 112 Å². The van der Waals surface area contributed by atoms with E-state index in [1.54, 1.807) is 0 Å². The monoisotopic (exact) mass is 251 g/mol. The van der Waals surface area contributed by atoms with Crippen LogP contribution in [0.15, 0.2) is 0 Å². The molecule has 3 fully saturated rings. The molecule has 3 aliphatic rings. The fourth-order valence-corrected chi connectivity index (χ4v) is 4.61. The molecule has 2 nitrogen and oxygen atoms in total. The van der Waals surface area contributed by atoms with Gasteiger partial charge in [-0.15, -0.1) is 0 Å². The Morgan fingerprint density at radius 2 is 1.94 bits per heavy atom. The minimum Gasteiger partial charge on any atom is -0.372 e. The number of nitrogens with one attached hydrogen (secondary N) is 1. The number of hydrogen-bond acceptors (Lipinski definition) is 2. The van der Waals surface area contributed by atoms with Crippen molar-refractivity contribution < 1.29 is 4.74 Å². The molecule has 2 aliphatic carbocycles. The highest BCUT2D eigenvalue weighted by molar-refractivity contribution is 5.04. The molecule has 2 heteroatoms. The number of rotatable bonds is 2. The molecule has 0 amide bonds. The van der Waals surface area contributed by atoms with Gasteiger partial charge in [-0.2, -0.15) is 0 Å². The molecule has 1 heterocycles. The van der Waals surface area contributed by atoms with Crippen molar-refractivity contribution in [1.82, 2.24) is 5.32 Å². The quantitative estimate of drug-likeness (QED) is 0.811. The molecule has 2 atom stereocenters. The van der Waals surface area contributed by atoms with Gasteiger partial charge in [0.1, 0.15) is 0 Å². The van der Waals surface area contributed by atoms with Gasteiger partial charge in [0.25, 0.3) is 0 Å². The first-order chi connectivity index (χ1) is 8.60. The second kappa shape index (κ2) is 4.79. The minimum atomic E-state index is 0.171. The van der Waals surface area contributed by atoms with Gasteiger partial charge in [-0.1, -0.05) is 39.5 Å². The second-order valence-corrected chi connectivity index (χ2v) is 7.65.